The molecule has 0 saturated carbocycles. The second-order valence-electron chi connectivity index (χ2n) is 5.31. The van der Waals surface area contributed by atoms with Gasteiger partial charge in [0.25, 0.3) is 10.0 Å². The number of sulfonamides is 1. The van der Waals surface area contributed by atoms with Gasteiger partial charge in [-0.05, 0) is 24.3 Å². The van der Waals surface area contributed by atoms with Crippen molar-refractivity contribution < 1.29 is 18.3 Å². The lowest BCUT2D eigenvalue weighted by Gasteiger charge is -2.33. The molecule has 0 aromatic carbocycles. The predicted molar refractivity (Wildman–Crippen MR) is 75.4 cm³/mol. The van der Waals surface area contributed by atoms with Crippen molar-refractivity contribution in [3.05, 3.63) is 16.0 Å². The number of thiophene rings is 1. The number of carbonyl (C=O) groups excluding carboxylic acids is 1. The van der Waals surface area contributed by atoms with Gasteiger partial charge in [0.05, 0.1) is 5.97 Å². The first kappa shape index (κ1) is 15.8. The lowest BCUT2D eigenvalue weighted by atomic mass is 9.94. The Morgan fingerprint density at radius 3 is 2.40 bits per heavy atom. The molecular formula is C12H15ClNO4S2-. The Balaban J connectivity index is 2.35. The molecule has 8 heteroatoms. The Bertz CT molecular complexity index is 615. The summed E-state index contributed by atoms with van der Waals surface area (Å²) < 4.78 is 26.4. The molecule has 0 spiro atoms. The minimum atomic E-state index is -3.69. The number of hydrogen-bond donors (Lipinski definition) is 0. The van der Waals surface area contributed by atoms with E-state index in [1.807, 2.05) is 13.8 Å². The maximum atomic E-state index is 12.5. The van der Waals surface area contributed by atoms with Crippen LogP contribution in [0.5, 0.6) is 0 Å². The summed E-state index contributed by atoms with van der Waals surface area (Å²) in [6, 6.07) is 1.08. The van der Waals surface area contributed by atoms with Crippen molar-refractivity contribution in [3.8, 4) is 0 Å². The standard InChI is InChI=1S/C12H16ClNO4S2/c1-7-3-8(2)6-14(5-7)20(17,18)10-4-9(12(15)16)11(13)19-10/h4,7-8H,3,5-6H2,1-2H3,(H,15,16)/p-1/t7-,8+. The lowest BCUT2D eigenvalue weighted by molar-refractivity contribution is -0.255. The van der Waals surface area contributed by atoms with Gasteiger partial charge in [-0.3, -0.25) is 0 Å². The monoisotopic (exact) mass is 336 g/mol. The van der Waals surface area contributed by atoms with Crippen LogP contribution in [0.2, 0.25) is 4.34 Å². The summed E-state index contributed by atoms with van der Waals surface area (Å²) in [6.07, 6.45) is 0.988. The van der Waals surface area contributed by atoms with Crippen LogP contribution >= 0.6 is 22.9 Å². The Hall–Kier alpha value is -0.630. The predicted octanol–water partition coefficient (Wildman–Crippen LogP) is 1.43. The maximum Gasteiger partial charge on any atom is 0.252 e. The van der Waals surface area contributed by atoms with E-state index in [4.69, 9.17) is 11.6 Å². The van der Waals surface area contributed by atoms with Crippen molar-refractivity contribution in [1.29, 1.82) is 0 Å². The van der Waals surface area contributed by atoms with Gasteiger partial charge in [0.1, 0.15) is 8.55 Å². The SMILES string of the molecule is C[C@@H]1C[C@H](C)CN(S(=O)(=O)c2cc(C(=O)[O-])c(Cl)s2)C1. The maximum absolute atomic E-state index is 12.5. The zero-order chi connectivity index (χ0) is 15.1. The molecule has 1 aliphatic heterocycles. The number of piperidine rings is 1. The Morgan fingerprint density at radius 2 is 1.95 bits per heavy atom. The first-order valence-corrected chi connectivity index (χ1v) is 8.86. The Labute approximate surface area is 127 Å². The van der Waals surface area contributed by atoms with Crippen LogP contribution in [0.15, 0.2) is 10.3 Å². The van der Waals surface area contributed by atoms with Gasteiger partial charge in [0, 0.05) is 18.7 Å². The van der Waals surface area contributed by atoms with E-state index in [-0.39, 0.29) is 25.9 Å². The number of nitrogens with zero attached hydrogens (tertiary/aromatic N) is 1. The van der Waals surface area contributed by atoms with Crippen LogP contribution in [-0.4, -0.2) is 31.8 Å². The van der Waals surface area contributed by atoms with E-state index in [2.05, 4.69) is 0 Å². The second-order valence-corrected chi connectivity index (χ2v) is 9.13. The Kier molecular flexibility index (Phi) is 4.44. The summed E-state index contributed by atoms with van der Waals surface area (Å²) in [5.41, 5.74) is -0.270. The van der Waals surface area contributed by atoms with Gasteiger partial charge in [-0.15, -0.1) is 11.3 Å². The van der Waals surface area contributed by atoms with Crippen molar-refractivity contribution in [2.75, 3.05) is 13.1 Å². The minimum absolute atomic E-state index is 0.0389. The number of hydrogen-bond acceptors (Lipinski definition) is 5. The van der Waals surface area contributed by atoms with Crippen LogP contribution in [-0.2, 0) is 10.0 Å². The number of carboxylic acids is 1. The van der Waals surface area contributed by atoms with Crippen LogP contribution in [0.1, 0.15) is 30.6 Å². The van der Waals surface area contributed by atoms with E-state index in [1.54, 1.807) is 0 Å². The molecule has 0 amide bonds. The topological polar surface area (TPSA) is 77.5 Å². The molecule has 1 saturated heterocycles. The van der Waals surface area contributed by atoms with Crippen LogP contribution in [0, 0.1) is 11.8 Å². The largest absolute Gasteiger partial charge is 0.545 e. The first-order valence-electron chi connectivity index (χ1n) is 6.22. The smallest absolute Gasteiger partial charge is 0.252 e. The molecule has 20 heavy (non-hydrogen) atoms. The van der Waals surface area contributed by atoms with Crippen molar-refractivity contribution in [2.45, 2.75) is 24.5 Å². The summed E-state index contributed by atoms with van der Waals surface area (Å²) in [5, 5.41) is 10.8. The second kappa shape index (κ2) is 5.63. The molecular weight excluding hydrogens is 322 g/mol. The van der Waals surface area contributed by atoms with Gasteiger partial charge < -0.3 is 9.90 Å². The fourth-order valence-corrected chi connectivity index (χ4v) is 6.08. The van der Waals surface area contributed by atoms with E-state index in [0.717, 1.165) is 23.8 Å². The molecule has 2 rings (SSSR count). The average molecular weight is 337 g/mol. The molecule has 2 atom stereocenters. The number of rotatable bonds is 3. The highest BCUT2D eigenvalue weighted by molar-refractivity contribution is 7.91. The molecule has 0 radical (unpaired) electrons. The fourth-order valence-electron chi connectivity index (χ4n) is 2.54. The zero-order valence-electron chi connectivity index (χ0n) is 11.1. The molecule has 1 fully saturated rings. The number of carbonyl (C=O) groups is 1. The molecule has 1 aliphatic rings. The molecule has 1 aromatic rings. The molecule has 1 aromatic heterocycles. The fraction of sp³-hybridized carbons (Fsp3) is 0.583. The van der Waals surface area contributed by atoms with Gasteiger partial charge in [-0.1, -0.05) is 25.4 Å². The highest BCUT2D eigenvalue weighted by Gasteiger charge is 2.33. The molecule has 0 aliphatic carbocycles. The van der Waals surface area contributed by atoms with Crippen LogP contribution < -0.4 is 5.11 Å². The zero-order valence-corrected chi connectivity index (χ0v) is 13.5. The van der Waals surface area contributed by atoms with E-state index in [9.17, 15) is 18.3 Å². The van der Waals surface area contributed by atoms with Crippen molar-refractivity contribution in [2.24, 2.45) is 11.8 Å². The highest BCUT2D eigenvalue weighted by Crippen LogP contribution is 2.34. The lowest BCUT2D eigenvalue weighted by Crippen LogP contribution is -2.42. The average Bonchev–Trinajstić information content (AvgIpc) is 2.70. The van der Waals surface area contributed by atoms with Gasteiger partial charge >= 0.3 is 0 Å². The van der Waals surface area contributed by atoms with Crippen LogP contribution in [0.3, 0.4) is 0 Å². The quantitative estimate of drug-likeness (QED) is 0.836. The third kappa shape index (κ3) is 3.00. The van der Waals surface area contributed by atoms with Crippen molar-refractivity contribution in [1.82, 2.24) is 4.31 Å². The Morgan fingerprint density at radius 1 is 1.40 bits per heavy atom. The van der Waals surface area contributed by atoms with Gasteiger partial charge in [0.2, 0.25) is 0 Å². The van der Waals surface area contributed by atoms with Crippen LogP contribution in [0.4, 0.5) is 0 Å². The normalized spacial score (nSPS) is 24.8. The molecule has 0 N–H and O–H groups in total. The summed E-state index contributed by atoms with van der Waals surface area (Å²) in [4.78, 5) is 10.8. The molecule has 112 valence electrons. The highest BCUT2D eigenvalue weighted by atomic mass is 35.5. The first-order chi connectivity index (χ1) is 9.21. The third-order valence-electron chi connectivity index (χ3n) is 3.31. The van der Waals surface area contributed by atoms with Crippen molar-refractivity contribution in [3.63, 3.8) is 0 Å². The van der Waals surface area contributed by atoms with Crippen LogP contribution in [0.25, 0.3) is 0 Å². The molecule has 2 heterocycles. The molecule has 0 unspecified atom stereocenters. The summed E-state index contributed by atoms with van der Waals surface area (Å²) >= 11 is 6.52. The van der Waals surface area contributed by atoms with Crippen molar-refractivity contribution >= 4 is 38.9 Å². The summed E-state index contributed by atoms with van der Waals surface area (Å²) in [7, 11) is -3.69. The number of carboxylic acid groups (broad SMARTS) is 1. The van der Waals surface area contributed by atoms with E-state index in [1.165, 1.54) is 4.31 Å². The third-order valence-corrected chi connectivity index (χ3v) is 6.95. The van der Waals surface area contributed by atoms with Gasteiger partial charge in [0.15, 0.2) is 0 Å². The minimum Gasteiger partial charge on any atom is -0.545 e. The van der Waals surface area contributed by atoms with Gasteiger partial charge in [-0.25, -0.2) is 8.42 Å². The molecule has 5 nitrogen and oxygen atoms in total. The van der Waals surface area contributed by atoms with E-state index < -0.39 is 16.0 Å². The van der Waals surface area contributed by atoms with Gasteiger partial charge in [-0.2, -0.15) is 4.31 Å². The number of halogens is 1. The number of aromatic carboxylic acids is 1. The summed E-state index contributed by atoms with van der Waals surface area (Å²) in [6.45, 7) is 4.91. The summed E-state index contributed by atoms with van der Waals surface area (Å²) in [5.74, 6) is -0.901. The van der Waals surface area contributed by atoms with E-state index >= 15 is 0 Å². The molecule has 0 bridgehead atoms. The van der Waals surface area contributed by atoms with E-state index in [0.29, 0.717) is 13.1 Å².